The van der Waals surface area contributed by atoms with E-state index in [1.807, 2.05) is 60.7 Å². The SMILES string of the molecule is O=C1OCCC/C=C\[C@H]2S[C@]34C=CCN(c5ccc6ccccc6c5)C(=O)C3N(CCCCO)C(=O)[C@@H]4[C@@H]12. The zero-order chi connectivity index (χ0) is 26.3. The van der Waals surface area contributed by atoms with Crippen molar-refractivity contribution in [1.29, 1.82) is 0 Å². The van der Waals surface area contributed by atoms with Crippen molar-refractivity contribution < 1.29 is 24.2 Å². The highest BCUT2D eigenvalue weighted by atomic mass is 32.2. The normalized spacial score (nSPS) is 31.7. The van der Waals surface area contributed by atoms with E-state index in [9.17, 15) is 19.5 Å². The zero-order valence-corrected chi connectivity index (χ0v) is 22.0. The average molecular weight is 533 g/mol. The number of carbonyl (C=O) groups is 3. The molecule has 4 aliphatic rings. The number of esters is 1. The molecule has 1 N–H and O–H groups in total. The number of amides is 2. The van der Waals surface area contributed by atoms with Crippen molar-refractivity contribution in [2.75, 3.05) is 31.2 Å². The number of hydrogen-bond acceptors (Lipinski definition) is 6. The number of thioether (sulfide) groups is 1. The van der Waals surface area contributed by atoms with E-state index in [0.717, 1.165) is 29.3 Å². The van der Waals surface area contributed by atoms with Crippen molar-refractivity contribution in [2.24, 2.45) is 11.8 Å². The molecule has 2 saturated heterocycles. The van der Waals surface area contributed by atoms with Crippen LogP contribution < -0.4 is 4.90 Å². The van der Waals surface area contributed by atoms with Crippen LogP contribution in [0.15, 0.2) is 66.8 Å². The van der Waals surface area contributed by atoms with E-state index in [-0.39, 0.29) is 29.6 Å². The molecule has 4 heterocycles. The summed E-state index contributed by atoms with van der Waals surface area (Å²) in [5.41, 5.74) is 0.784. The highest BCUT2D eigenvalue weighted by molar-refractivity contribution is 8.02. The maximum Gasteiger partial charge on any atom is 0.311 e. The van der Waals surface area contributed by atoms with Crippen LogP contribution in [0.3, 0.4) is 0 Å². The van der Waals surface area contributed by atoms with Crippen LogP contribution in [0.1, 0.15) is 25.7 Å². The van der Waals surface area contributed by atoms with Gasteiger partial charge < -0.3 is 19.6 Å². The van der Waals surface area contributed by atoms with Crippen molar-refractivity contribution in [2.45, 2.75) is 41.7 Å². The zero-order valence-electron chi connectivity index (χ0n) is 21.2. The molecule has 8 heteroatoms. The number of cyclic esters (lactones) is 1. The molecule has 0 saturated carbocycles. The van der Waals surface area contributed by atoms with Crippen LogP contribution in [0.5, 0.6) is 0 Å². The van der Waals surface area contributed by atoms with Gasteiger partial charge in [-0.25, -0.2) is 0 Å². The number of likely N-dealkylation sites (tertiary alicyclic amines) is 1. The molecule has 1 unspecified atom stereocenters. The minimum atomic E-state index is -0.864. The lowest BCUT2D eigenvalue weighted by atomic mass is 9.78. The Morgan fingerprint density at radius 2 is 1.87 bits per heavy atom. The molecule has 2 amide bonds. The second kappa shape index (κ2) is 10.2. The number of aliphatic hydroxyl groups is 1. The van der Waals surface area contributed by atoms with Crippen LogP contribution >= 0.6 is 11.8 Å². The quantitative estimate of drug-likeness (QED) is 0.359. The Labute approximate surface area is 226 Å². The summed E-state index contributed by atoms with van der Waals surface area (Å²) in [6.07, 6.45) is 10.8. The fourth-order valence-corrected chi connectivity index (χ4v) is 8.47. The lowest BCUT2D eigenvalue weighted by Crippen LogP contribution is -2.53. The third kappa shape index (κ3) is 4.05. The average Bonchev–Trinajstić information content (AvgIpc) is 3.33. The standard InChI is InChI=1S/C30H32N2O5S/c33-17-6-5-15-32-26-28(35)31(22-13-12-20-9-3-4-10-21(20)19-22)16-8-14-30(26)25(27(32)34)24-23(38-30)11-2-1-7-18-37-29(24)36/h2-4,8-14,19,23-26,33H,1,5-7,15-18H2/b11-2-/t23-,24+,25+,26?,30+/m1/s1. The molecule has 7 nitrogen and oxygen atoms in total. The second-order valence-electron chi connectivity index (χ2n) is 10.4. The van der Waals surface area contributed by atoms with Crippen LogP contribution in [-0.2, 0) is 19.1 Å². The number of rotatable bonds is 5. The summed E-state index contributed by atoms with van der Waals surface area (Å²) in [7, 11) is 0. The summed E-state index contributed by atoms with van der Waals surface area (Å²) in [6.45, 7) is 1.10. The number of ether oxygens (including phenoxy) is 1. The van der Waals surface area contributed by atoms with E-state index in [1.54, 1.807) is 21.6 Å². The fraction of sp³-hybridized carbons (Fsp3) is 0.433. The van der Waals surface area contributed by atoms with Crippen molar-refractivity contribution in [1.82, 2.24) is 4.90 Å². The smallest absolute Gasteiger partial charge is 0.311 e. The molecule has 2 aromatic carbocycles. The highest BCUT2D eigenvalue weighted by Crippen LogP contribution is 2.60. The van der Waals surface area contributed by atoms with Gasteiger partial charge in [-0.15, -0.1) is 11.8 Å². The number of hydrogen-bond donors (Lipinski definition) is 1. The van der Waals surface area contributed by atoms with E-state index < -0.39 is 22.6 Å². The topological polar surface area (TPSA) is 87.2 Å². The van der Waals surface area contributed by atoms with Gasteiger partial charge in [0, 0.05) is 30.6 Å². The fourth-order valence-electron chi connectivity index (χ4n) is 6.46. The number of benzene rings is 2. The molecule has 6 rings (SSSR count). The monoisotopic (exact) mass is 532 g/mol. The van der Waals surface area contributed by atoms with Crippen LogP contribution in [0.25, 0.3) is 10.8 Å². The van der Waals surface area contributed by atoms with Gasteiger partial charge >= 0.3 is 5.97 Å². The molecular formula is C30H32N2O5S. The van der Waals surface area contributed by atoms with Gasteiger partial charge in [0.1, 0.15) is 6.04 Å². The molecule has 2 fully saturated rings. The Bertz CT molecular complexity index is 1320. The molecule has 0 radical (unpaired) electrons. The summed E-state index contributed by atoms with van der Waals surface area (Å²) in [5.74, 6) is -1.98. The summed E-state index contributed by atoms with van der Waals surface area (Å²) < 4.78 is 4.75. The second-order valence-corrected chi connectivity index (χ2v) is 11.9. The summed E-state index contributed by atoms with van der Waals surface area (Å²) in [5, 5.41) is 11.3. The van der Waals surface area contributed by atoms with Crippen LogP contribution in [0.4, 0.5) is 5.69 Å². The molecule has 38 heavy (non-hydrogen) atoms. The molecule has 1 spiro atoms. The third-order valence-electron chi connectivity index (χ3n) is 8.20. The third-order valence-corrected chi connectivity index (χ3v) is 9.95. The predicted molar refractivity (Wildman–Crippen MR) is 148 cm³/mol. The number of carbonyl (C=O) groups excluding carboxylic acids is 3. The number of nitrogens with zero attached hydrogens (tertiary/aromatic N) is 2. The number of aliphatic hydroxyl groups excluding tert-OH is 1. The van der Waals surface area contributed by atoms with E-state index in [1.165, 1.54) is 0 Å². The maximum atomic E-state index is 14.5. The van der Waals surface area contributed by atoms with Crippen molar-refractivity contribution in [3.63, 3.8) is 0 Å². The van der Waals surface area contributed by atoms with Gasteiger partial charge in [-0.05, 0) is 48.6 Å². The Hall–Kier alpha value is -3.10. The first-order chi connectivity index (χ1) is 18.5. The van der Waals surface area contributed by atoms with Gasteiger partial charge in [-0.2, -0.15) is 0 Å². The van der Waals surface area contributed by atoms with Gasteiger partial charge in [-0.1, -0.05) is 54.6 Å². The van der Waals surface area contributed by atoms with E-state index >= 15 is 0 Å². The van der Waals surface area contributed by atoms with E-state index in [2.05, 4.69) is 6.08 Å². The maximum absolute atomic E-state index is 14.5. The first-order valence-electron chi connectivity index (χ1n) is 13.5. The van der Waals surface area contributed by atoms with Crippen LogP contribution in [0, 0.1) is 11.8 Å². The van der Waals surface area contributed by atoms with Gasteiger partial charge in [0.2, 0.25) is 5.91 Å². The van der Waals surface area contributed by atoms with Crippen molar-refractivity contribution in [3.05, 3.63) is 66.8 Å². The minimum absolute atomic E-state index is 0.0227. The molecule has 5 atom stereocenters. The number of allylic oxidation sites excluding steroid dienone is 1. The van der Waals surface area contributed by atoms with Gasteiger partial charge in [0.05, 0.1) is 23.2 Å². The van der Waals surface area contributed by atoms with Gasteiger partial charge in [0.15, 0.2) is 0 Å². The summed E-state index contributed by atoms with van der Waals surface area (Å²) in [6, 6.07) is 13.3. The lowest BCUT2D eigenvalue weighted by Gasteiger charge is -2.35. The number of anilines is 1. The van der Waals surface area contributed by atoms with Crippen molar-refractivity contribution >= 4 is 46.0 Å². The Morgan fingerprint density at radius 1 is 1.03 bits per heavy atom. The molecule has 0 bridgehead atoms. The van der Waals surface area contributed by atoms with E-state index in [0.29, 0.717) is 32.5 Å². The Morgan fingerprint density at radius 3 is 2.71 bits per heavy atom. The predicted octanol–water partition coefficient (Wildman–Crippen LogP) is 3.71. The largest absolute Gasteiger partial charge is 0.465 e. The summed E-state index contributed by atoms with van der Waals surface area (Å²) >= 11 is 1.56. The molecule has 0 aromatic heterocycles. The molecule has 4 aliphatic heterocycles. The lowest BCUT2D eigenvalue weighted by molar-refractivity contribution is -0.153. The van der Waals surface area contributed by atoms with E-state index in [4.69, 9.17) is 4.74 Å². The van der Waals surface area contributed by atoms with Crippen molar-refractivity contribution in [3.8, 4) is 0 Å². The molecule has 198 valence electrons. The van der Waals surface area contributed by atoms with Gasteiger partial charge in [0.25, 0.3) is 5.91 Å². The Balaban J connectivity index is 1.43. The molecular weight excluding hydrogens is 500 g/mol. The van der Waals surface area contributed by atoms with Crippen LogP contribution in [0.2, 0.25) is 0 Å². The first kappa shape index (κ1) is 25.2. The Kier molecular flexibility index (Phi) is 6.78. The first-order valence-corrected chi connectivity index (χ1v) is 14.3. The number of fused-ring (bicyclic) bond motifs is 3. The molecule has 0 aliphatic carbocycles. The summed E-state index contributed by atoms with van der Waals surface area (Å²) in [4.78, 5) is 45.3. The number of unbranched alkanes of at least 4 members (excludes halogenated alkanes) is 1. The minimum Gasteiger partial charge on any atom is -0.465 e. The molecule has 2 aromatic rings. The van der Waals surface area contributed by atoms with Gasteiger partial charge in [-0.3, -0.25) is 14.4 Å². The van der Waals surface area contributed by atoms with Crippen LogP contribution in [-0.4, -0.2) is 70.1 Å². The highest BCUT2D eigenvalue weighted by Gasteiger charge is 2.70.